The maximum Gasteiger partial charge on any atom is 0.254 e. The quantitative estimate of drug-likeness (QED) is 0.584. The van der Waals surface area contributed by atoms with Crippen LogP contribution in [0.25, 0.3) is 0 Å². The van der Waals surface area contributed by atoms with E-state index in [2.05, 4.69) is 15.6 Å². The first kappa shape index (κ1) is 24.3. The van der Waals surface area contributed by atoms with Crippen molar-refractivity contribution in [2.75, 3.05) is 19.0 Å². The summed E-state index contributed by atoms with van der Waals surface area (Å²) in [4.78, 5) is 43.2. The zero-order chi connectivity index (χ0) is 23.0. The zero-order valence-electron chi connectivity index (χ0n) is 18.6. The van der Waals surface area contributed by atoms with Crippen LogP contribution in [0.4, 0.5) is 5.13 Å². The second kappa shape index (κ2) is 11.5. The Morgan fingerprint density at radius 3 is 2.39 bits per heavy atom. The van der Waals surface area contributed by atoms with Crippen molar-refractivity contribution in [1.82, 2.24) is 15.2 Å². The third-order valence-electron chi connectivity index (χ3n) is 4.69. The van der Waals surface area contributed by atoms with Crippen molar-refractivity contribution in [1.29, 1.82) is 0 Å². The fourth-order valence-corrected chi connectivity index (χ4v) is 3.47. The van der Waals surface area contributed by atoms with Crippen LogP contribution in [-0.2, 0) is 16.0 Å². The zero-order valence-corrected chi connectivity index (χ0v) is 19.4. The van der Waals surface area contributed by atoms with Crippen molar-refractivity contribution in [3.05, 3.63) is 40.9 Å². The number of hydrogen-bond acceptors (Lipinski definition) is 6. The van der Waals surface area contributed by atoms with Gasteiger partial charge < -0.3 is 20.3 Å². The van der Waals surface area contributed by atoms with E-state index in [4.69, 9.17) is 4.74 Å². The fourth-order valence-electron chi connectivity index (χ4n) is 2.74. The number of thiazole rings is 1. The van der Waals surface area contributed by atoms with Crippen LogP contribution in [0.3, 0.4) is 0 Å². The van der Waals surface area contributed by atoms with E-state index in [9.17, 15) is 14.4 Å². The number of rotatable bonds is 10. The van der Waals surface area contributed by atoms with E-state index in [1.807, 2.05) is 27.7 Å². The van der Waals surface area contributed by atoms with Gasteiger partial charge in [0.1, 0.15) is 12.3 Å². The van der Waals surface area contributed by atoms with Crippen LogP contribution >= 0.6 is 11.3 Å². The molecule has 9 heteroatoms. The summed E-state index contributed by atoms with van der Waals surface area (Å²) in [6, 6.07) is 6.70. The van der Waals surface area contributed by atoms with Crippen LogP contribution in [-0.4, -0.2) is 53.3 Å². The molecule has 0 saturated heterocycles. The van der Waals surface area contributed by atoms with E-state index in [0.29, 0.717) is 22.1 Å². The Morgan fingerprint density at radius 2 is 1.81 bits per heavy atom. The van der Waals surface area contributed by atoms with Crippen molar-refractivity contribution in [2.24, 2.45) is 0 Å². The number of nitrogens with one attached hydrogen (secondary N) is 2. The Kier molecular flexibility index (Phi) is 8.99. The van der Waals surface area contributed by atoms with Gasteiger partial charge in [0.25, 0.3) is 5.91 Å². The lowest BCUT2D eigenvalue weighted by atomic mass is 10.1. The fraction of sp³-hybridized carbons (Fsp3) is 0.455. The second-order valence-corrected chi connectivity index (χ2v) is 8.36. The van der Waals surface area contributed by atoms with Crippen LogP contribution in [0.1, 0.15) is 50.2 Å². The van der Waals surface area contributed by atoms with Gasteiger partial charge in [-0.25, -0.2) is 4.98 Å². The number of hydrogen-bond donors (Lipinski definition) is 2. The number of carbonyl (C=O) groups is 3. The van der Waals surface area contributed by atoms with Crippen molar-refractivity contribution in [3.63, 3.8) is 0 Å². The van der Waals surface area contributed by atoms with Gasteiger partial charge in [-0.15, -0.1) is 11.3 Å². The van der Waals surface area contributed by atoms with Gasteiger partial charge in [0.05, 0.1) is 19.2 Å². The van der Waals surface area contributed by atoms with Crippen LogP contribution < -0.4 is 15.4 Å². The lowest BCUT2D eigenvalue weighted by Gasteiger charge is -2.26. The van der Waals surface area contributed by atoms with Gasteiger partial charge in [0.15, 0.2) is 5.13 Å². The first-order chi connectivity index (χ1) is 14.7. The van der Waals surface area contributed by atoms with Gasteiger partial charge in [-0.05, 0) is 51.5 Å². The summed E-state index contributed by atoms with van der Waals surface area (Å²) in [5, 5.41) is 7.75. The Hall–Kier alpha value is -2.94. The monoisotopic (exact) mass is 446 g/mol. The molecule has 168 valence electrons. The summed E-state index contributed by atoms with van der Waals surface area (Å²) in [6.45, 7) is 7.55. The van der Waals surface area contributed by atoms with Crippen LogP contribution in [0.5, 0.6) is 5.75 Å². The smallest absolute Gasteiger partial charge is 0.254 e. The number of carbonyl (C=O) groups excluding carboxylic acids is 3. The first-order valence-electron chi connectivity index (χ1n) is 10.2. The summed E-state index contributed by atoms with van der Waals surface area (Å²) in [6.07, 6.45) is 1.01. The van der Waals surface area contributed by atoms with E-state index in [1.54, 1.807) is 36.8 Å². The molecule has 31 heavy (non-hydrogen) atoms. The SMILES string of the molecule is CCC(C)NC(=O)Cc1csc(NC(=O)CN(C(=O)c2ccc(OC)cc2)C(C)C)n1. The normalized spacial score (nSPS) is 11.7. The number of nitrogens with zero attached hydrogens (tertiary/aromatic N) is 2. The lowest BCUT2D eigenvalue weighted by Crippen LogP contribution is -2.42. The van der Waals surface area contributed by atoms with Crippen LogP contribution in [0.2, 0.25) is 0 Å². The van der Waals surface area contributed by atoms with E-state index >= 15 is 0 Å². The molecule has 0 aliphatic rings. The molecule has 1 atom stereocenters. The molecule has 0 radical (unpaired) electrons. The van der Waals surface area contributed by atoms with Crippen LogP contribution in [0.15, 0.2) is 29.6 Å². The maximum absolute atomic E-state index is 12.9. The molecule has 2 aromatic rings. The van der Waals surface area contributed by atoms with Gasteiger partial charge in [-0.2, -0.15) is 0 Å². The van der Waals surface area contributed by atoms with Gasteiger partial charge >= 0.3 is 0 Å². The highest BCUT2D eigenvalue weighted by molar-refractivity contribution is 7.13. The van der Waals surface area contributed by atoms with Gasteiger partial charge in [0, 0.05) is 23.0 Å². The summed E-state index contributed by atoms with van der Waals surface area (Å²) in [5.41, 5.74) is 1.07. The van der Waals surface area contributed by atoms with Crippen LogP contribution in [0, 0.1) is 0 Å². The molecule has 1 aromatic heterocycles. The number of methoxy groups -OCH3 is 1. The topological polar surface area (TPSA) is 101 Å². The van der Waals surface area contributed by atoms with E-state index in [0.717, 1.165) is 6.42 Å². The molecule has 0 aliphatic carbocycles. The molecule has 1 unspecified atom stereocenters. The Labute approximate surface area is 187 Å². The molecule has 0 saturated carbocycles. The third-order valence-corrected chi connectivity index (χ3v) is 5.50. The van der Waals surface area contributed by atoms with E-state index in [1.165, 1.54) is 16.2 Å². The average Bonchev–Trinajstić information content (AvgIpc) is 3.17. The van der Waals surface area contributed by atoms with Gasteiger partial charge in [-0.3, -0.25) is 14.4 Å². The van der Waals surface area contributed by atoms with Gasteiger partial charge in [0.2, 0.25) is 11.8 Å². The minimum absolute atomic E-state index is 0.103. The minimum Gasteiger partial charge on any atom is -0.497 e. The van der Waals surface area contributed by atoms with E-state index < -0.39 is 0 Å². The van der Waals surface area contributed by atoms with Crippen molar-refractivity contribution >= 4 is 34.2 Å². The molecule has 0 bridgehead atoms. The Balaban J connectivity index is 1.96. The van der Waals surface area contributed by atoms with Crippen molar-refractivity contribution in [3.8, 4) is 5.75 Å². The predicted octanol–water partition coefficient (Wildman–Crippen LogP) is 3.10. The second-order valence-electron chi connectivity index (χ2n) is 7.50. The van der Waals surface area contributed by atoms with E-state index in [-0.39, 0.29) is 42.8 Å². The summed E-state index contributed by atoms with van der Waals surface area (Å²) >= 11 is 1.25. The summed E-state index contributed by atoms with van der Waals surface area (Å²) < 4.78 is 5.12. The standard InChI is InChI=1S/C22H30N4O4S/c1-6-15(4)23-19(27)11-17-13-31-22(24-17)25-20(28)12-26(14(2)3)21(29)16-7-9-18(30-5)10-8-16/h7-10,13-15H,6,11-12H2,1-5H3,(H,23,27)(H,24,25,28). The molecule has 1 aromatic carbocycles. The average molecular weight is 447 g/mol. The minimum atomic E-state index is -0.347. The molecule has 3 amide bonds. The largest absolute Gasteiger partial charge is 0.497 e. The molecule has 2 N–H and O–H groups in total. The highest BCUT2D eigenvalue weighted by Gasteiger charge is 2.22. The third kappa shape index (κ3) is 7.36. The highest BCUT2D eigenvalue weighted by atomic mass is 32.1. The maximum atomic E-state index is 12.9. The number of aromatic nitrogens is 1. The number of benzene rings is 1. The first-order valence-corrected chi connectivity index (χ1v) is 11.1. The predicted molar refractivity (Wildman–Crippen MR) is 122 cm³/mol. The molecule has 0 fully saturated rings. The van der Waals surface area contributed by atoms with Crippen molar-refractivity contribution in [2.45, 2.75) is 52.6 Å². The lowest BCUT2D eigenvalue weighted by molar-refractivity contribution is -0.121. The highest BCUT2D eigenvalue weighted by Crippen LogP contribution is 2.17. The molecule has 2 rings (SSSR count). The molecular formula is C22H30N4O4S. The Morgan fingerprint density at radius 1 is 1.13 bits per heavy atom. The summed E-state index contributed by atoms with van der Waals surface area (Å²) in [5.74, 6) is -0.0359. The van der Waals surface area contributed by atoms with Crippen molar-refractivity contribution < 1.29 is 19.1 Å². The number of amides is 3. The molecule has 0 aliphatic heterocycles. The number of ether oxygens (including phenoxy) is 1. The Bertz CT molecular complexity index is 895. The molecule has 8 nitrogen and oxygen atoms in total. The molecule has 1 heterocycles. The summed E-state index contributed by atoms with van der Waals surface area (Å²) in [7, 11) is 1.56. The number of anilines is 1. The molecule has 0 spiro atoms. The van der Waals surface area contributed by atoms with Gasteiger partial charge in [-0.1, -0.05) is 6.92 Å². The molecular weight excluding hydrogens is 416 g/mol.